The van der Waals surface area contributed by atoms with Crippen LogP contribution in [-0.2, 0) is 26.2 Å². The van der Waals surface area contributed by atoms with Gasteiger partial charge in [0, 0.05) is 12.6 Å². The second-order valence-electron chi connectivity index (χ2n) is 8.33. The minimum atomic E-state index is -3.95. The molecule has 0 unspecified atom stereocenters. The van der Waals surface area contributed by atoms with E-state index in [2.05, 4.69) is 5.32 Å². The van der Waals surface area contributed by atoms with Crippen LogP contribution in [0.3, 0.4) is 0 Å². The number of rotatable bonds is 11. The van der Waals surface area contributed by atoms with Crippen LogP contribution in [0.4, 0.5) is 10.1 Å². The SMILES string of the molecule is CC[C@@H](C(=O)NC(C)C)N(Cc1cccc(OC)c1)C(=O)CN(c1ccc(F)c(Cl)c1)S(C)(=O)=O. The van der Waals surface area contributed by atoms with Crippen LogP contribution < -0.4 is 14.4 Å². The summed E-state index contributed by atoms with van der Waals surface area (Å²) in [6, 6.07) is 9.42. The van der Waals surface area contributed by atoms with Crippen LogP contribution in [0.15, 0.2) is 42.5 Å². The molecule has 0 aliphatic heterocycles. The quantitative estimate of drug-likeness (QED) is 0.482. The Morgan fingerprint density at radius 3 is 2.40 bits per heavy atom. The zero-order chi connectivity index (χ0) is 26.3. The Hall–Kier alpha value is -2.85. The van der Waals surface area contributed by atoms with Crippen molar-refractivity contribution in [1.82, 2.24) is 10.2 Å². The lowest BCUT2D eigenvalue weighted by Crippen LogP contribution is -2.53. The van der Waals surface area contributed by atoms with Gasteiger partial charge in [-0.25, -0.2) is 12.8 Å². The fraction of sp³-hybridized carbons (Fsp3) is 0.417. The standard InChI is InChI=1S/C24H31ClFN3O5S/c1-6-22(24(31)27-16(2)3)28(14-17-8-7-9-19(12-17)34-4)23(30)15-29(35(5,32)33)18-10-11-21(26)20(25)13-18/h7-13,16,22H,6,14-15H2,1-5H3,(H,27,31)/t22-/m0/s1. The first-order valence-corrected chi connectivity index (χ1v) is 13.3. The highest BCUT2D eigenvalue weighted by Gasteiger charge is 2.32. The Morgan fingerprint density at radius 1 is 1.17 bits per heavy atom. The van der Waals surface area contributed by atoms with E-state index in [0.717, 1.165) is 22.7 Å². The number of hydrogen-bond donors (Lipinski definition) is 1. The van der Waals surface area contributed by atoms with Gasteiger partial charge in [0.05, 0.1) is 24.1 Å². The number of benzene rings is 2. The number of hydrogen-bond acceptors (Lipinski definition) is 5. The van der Waals surface area contributed by atoms with Gasteiger partial charge in [-0.05, 0) is 56.2 Å². The lowest BCUT2D eigenvalue weighted by Gasteiger charge is -2.33. The Labute approximate surface area is 211 Å². The van der Waals surface area contributed by atoms with Crippen LogP contribution in [0, 0.1) is 5.82 Å². The summed E-state index contributed by atoms with van der Waals surface area (Å²) in [4.78, 5) is 27.9. The fourth-order valence-electron chi connectivity index (χ4n) is 3.52. The van der Waals surface area contributed by atoms with Crippen LogP contribution in [0.2, 0.25) is 5.02 Å². The molecule has 0 fully saturated rings. The highest BCUT2D eigenvalue weighted by molar-refractivity contribution is 7.92. The second kappa shape index (κ2) is 12.2. The van der Waals surface area contributed by atoms with E-state index >= 15 is 0 Å². The Bertz CT molecular complexity index is 1160. The molecule has 0 saturated heterocycles. The van der Waals surface area contributed by atoms with Crippen LogP contribution in [-0.4, -0.2) is 57.1 Å². The van der Waals surface area contributed by atoms with Crippen molar-refractivity contribution in [1.29, 1.82) is 0 Å². The molecule has 1 N–H and O–H groups in total. The van der Waals surface area contributed by atoms with Gasteiger partial charge in [0.25, 0.3) is 0 Å². The van der Waals surface area contributed by atoms with E-state index in [1.807, 2.05) is 13.8 Å². The molecule has 0 bridgehead atoms. The Morgan fingerprint density at radius 2 is 1.86 bits per heavy atom. The number of methoxy groups -OCH3 is 1. The van der Waals surface area contributed by atoms with Crippen LogP contribution in [0.25, 0.3) is 0 Å². The van der Waals surface area contributed by atoms with Gasteiger partial charge in [0.2, 0.25) is 21.8 Å². The molecule has 0 aliphatic carbocycles. The van der Waals surface area contributed by atoms with Crippen LogP contribution in [0.1, 0.15) is 32.8 Å². The third kappa shape index (κ3) is 7.83. The molecule has 0 saturated carbocycles. The number of halogens is 2. The summed E-state index contributed by atoms with van der Waals surface area (Å²) in [5, 5.41) is 2.54. The van der Waals surface area contributed by atoms with Crippen molar-refractivity contribution < 1.29 is 27.1 Å². The maximum atomic E-state index is 13.7. The number of nitrogens with zero attached hydrogens (tertiary/aromatic N) is 2. The normalized spacial score (nSPS) is 12.2. The highest BCUT2D eigenvalue weighted by atomic mass is 35.5. The molecular weight excluding hydrogens is 497 g/mol. The molecule has 11 heteroatoms. The molecule has 2 rings (SSSR count). The van der Waals surface area contributed by atoms with Crippen molar-refractivity contribution in [2.75, 3.05) is 24.2 Å². The van der Waals surface area contributed by atoms with E-state index in [1.54, 1.807) is 31.2 Å². The fourth-order valence-corrected chi connectivity index (χ4v) is 4.54. The largest absolute Gasteiger partial charge is 0.497 e. The number of amides is 2. The van der Waals surface area contributed by atoms with E-state index < -0.39 is 34.3 Å². The van der Waals surface area contributed by atoms with E-state index in [-0.39, 0.29) is 29.2 Å². The molecular formula is C24H31ClFN3O5S. The van der Waals surface area contributed by atoms with Gasteiger partial charge < -0.3 is 15.0 Å². The molecule has 192 valence electrons. The molecule has 35 heavy (non-hydrogen) atoms. The summed E-state index contributed by atoms with van der Waals surface area (Å²) >= 11 is 5.85. The van der Waals surface area contributed by atoms with Crippen molar-refractivity contribution in [3.05, 3.63) is 58.9 Å². The summed E-state index contributed by atoms with van der Waals surface area (Å²) in [5.41, 5.74) is 0.734. The van der Waals surface area contributed by atoms with Crippen LogP contribution >= 0.6 is 11.6 Å². The molecule has 2 aromatic carbocycles. The number of carbonyl (C=O) groups is 2. The maximum absolute atomic E-state index is 13.7. The predicted molar refractivity (Wildman–Crippen MR) is 135 cm³/mol. The van der Waals surface area contributed by atoms with Gasteiger partial charge in [-0.2, -0.15) is 0 Å². The predicted octanol–water partition coefficient (Wildman–Crippen LogP) is 3.59. The lowest BCUT2D eigenvalue weighted by atomic mass is 10.1. The molecule has 0 aromatic heterocycles. The van der Waals surface area contributed by atoms with E-state index in [0.29, 0.717) is 17.7 Å². The molecule has 2 amide bonds. The van der Waals surface area contributed by atoms with Crippen molar-refractivity contribution in [2.24, 2.45) is 0 Å². The average molecular weight is 528 g/mol. The minimum Gasteiger partial charge on any atom is -0.497 e. The number of nitrogens with one attached hydrogen (secondary N) is 1. The first-order chi connectivity index (χ1) is 16.4. The number of ether oxygens (including phenoxy) is 1. The number of carbonyl (C=O) groups excluding carboxylic acids is 2. The third-order valence-corrected chi connectivity index (χ3v) is 6.60. The summed E-state index contributed by atoms with van der Waals surface area (Å²) in [6.45, 7) is 4.83. The molecule has 2 aromatic rings. The van der Waals surface area contributed by atoms with E-state index in [1.165, 1.54) is 18.1 Å². The third-order valence-electron chi connectivity index (χ3n) is 5.17. The van der Waals surface area contributed by atoms with Gasteiger partial charge in [0.1, 0.15) is 24.2 Å². The molecule has 0 radical (unpaired) electrons. The molecule has 0 aliphatic rings. The van der Waals surface area contributed by atoms with Crippen molar-refractivity contribution >= 4 is 39.1 Å². The minimum absolute atomic E-state index is 0.0354. The second-order valence-corrected chi connectivity index (χ2v) is 10.6. The van der Waals surface area contributed by atoms with Gasteiger partial charge in [-0.1, -0.05) is 30.7 Å². The monoisotopic (exact) mass is 527 g/mol. The summed E-state index contributed by atoms with van der Waals surface area (Å²) < 4.78 is 44.9. The molecule has 0 spiro atoms. The first-order valence-electron chi connectivity index (χ1n) is 11.0. The van der Waals surface area contributed by atoms with E-state index in [4.69, 9.17) is 16.3 Å². The highest BCUT2D eigenvalue weighted by Crippen LogP contribution is 2.25. The van der Waals surface area contributed by atoms with Gasteiger partial charge in [-0.15, -0.1) is 0 Å². The first kappa shape index (κ1) is 28.4. The lowest BCUT2D eigenvalue weighted by molar-refractivity contribution is -0.140. The smallest absolute Gasteiger partial charge is 0.244 e. The Kier molecular flexibility index (Phi) is 9.91. The van der Waals surface area contributed by atoms with E-state index in [9.17, 15) is 22.4 Å². The van der Waals surface area contributed by atoms with Crippen molar-refractivity contribution in [2.45, 2.75) is 45.8 Å². The zero-order valence-corrected chi connectivity index (χ0v) is 22.0. The average Bonchev–Trinajstić information content (AvgIpc) is 2.78. The van der Waals surface area contributed by atoms with Gasteiger partial charge in [-0.3, -0.25) is 13.9 Å². The Balaban J connectivity index is 2.47. The molecule has 0 heterocycles. The molecule has 8 nitrogen and oxygen atoms in total. The number of anilines is 1. The summed E-state index contributed by atoms with van der Waals surface area (Å²) in [5.74, 6) is -1.10. The van der Waals surface area contributed by atoms with Crippen molar-refractivity contribution in [3.8, 4) is 5.75 Å². The maximum Gasteiger partial charge on any atom is 0.244 e. The van der Waals surface area contributed by atoms with Gasteiger partial charge in [0.15, 0.2) is 0 Å². The zero-order valence-electron chi connectivity index (χ0n) is 20.4. The summed E-state index contributed by atoms with van der Waals surface area (Å²) in [6.07, 6.45) is 1.24. The van der Waals surface area contributed by atoms with Crippen molar-refractivity contribution in [3.63, 3.8) is 0 Å². The van der Waals surface area contributed by atoms with Gasteiger partial charge >= 0.3 is 0 Å². The number of sulfonamides is 1. The topological polar surface area (TPSA) is 96.0 Å². The summed E-state index contributed by atoms with van der Waals surface area (Å²) in [7, 11) is -2.43. The molecule has 1 atom stereocenters. The van der Waals surface area contributed by atoms with Crippen LogP contribution in [0.5, 0.6) is 5.75 Å².